The van der Waals surface area contributed by atoms with Crippen molar-refractivity contribution in [3.8, 4) is 51.1 Å². The molecule has 24 rings (SSSR count). The van der Waals surface area contributed by atoms with E-state index in [1.165, 1.54) is 91.7 Å². The third kappa shape index (κ3) is 11.4. The average molecular weight is 1520 g/mol. The van der Waals surface area contributed by atoms with E-state index in [2.05, 4.69) is 174 Å². The highest BCUT2D eigenvalue weighted by molar-refractivity contribution is 6.14. The van der Waals surface area contributed by atoms with Gasteiger partial charge in [0.05, 0.1) is 101 Å². The number of benzene rings is 8. The van der Waals surface area contributed by atoms with Crippen molar-refractivity contribution in [2.75, 3.05) is 5.73 Å². The van der Waals surface area contributed by atoms with Crippen molar-refractivity contribution in [2.24, 2.45) is 0 Å². The molecular formula is C90H75F3N22. The lowest BCUT2D eigenvalue weighted by molar-refractivity contribution is -0.139. The minimum Gasteiger partial charge on any atom is -0.382 e. The molecule has 0 spiro atoms. The minimum absolute atomic E-state index is 0.0672. The van der Waals surface area contributed by atoms with Gasteiger partial charge in [0.25, 0.3) is 0 Å². The van der Waals surface area contributed by atoms with E-state index in [1.54, 1.807) is 12.1 Å². The number of aromatic amines is 8. The van der Waals surface area contributed by atoms with Crippen LogP contribution in [0.25, 0.3) is 176 Å². The summed E-state index contributed by atoms with van der Waals surface area (Å²) in [4.78, 5) is 20.3. The number of nitrogen functional groups attached to an aromatic ring is 1. The predicted molar refractivity (Wildman–Crippen MR) is 446 cm³/mol. The Balaban J connectivity index is 0.0000000961. The Morgan fingerprint density at radius 3 is 1.14 bits per heavy atom. The number of nitrogens with one attached hydrogen (secondary N) is 8. The van der Waals surface area contributed by atoms with Gasteiger partial charge in [-0.05, 0) is 272 Å². The number of aryl methyl sites for hydroxylation is 8. The zero-order valence-electron chi connectivity index (χ0n) is 63.5. The van der Waals surface area contributed by atoms with Crippen molar-refractivity contribution >= 4 is 137 Å². The molecule has 0 saturated carbocycles. The Morgan fingerprint density at radius 1 is 0.322 bits per heavy atom. The van der Waals surface area contributed by atoms with E-state index in [0.29, 0.717) is 22.6 Å². The molecule has 0 bridgehead atoms. The fourth-order valence-electron chi connectivity index (χ4n) is 18.9. The standard InChI is InChI=1S/C23H18F3N5.C23H18N6.C22H20N6.C22H19N5/c1-11-19-18(30-28-11)9-8-17-20(19)13-4-2-3-5-14(13)21(27-17)12-6-7-16-15(10-12)22(31-29-16)23(24,25)26;1-12-16-10-13(6-7-17(16)27-26-12)23-15-5-3-2-4-14(15)21-18(25-23)8-9-19-22(21)20(11-24)29-28-19;1-11-15-10-12(6-7-16(15)26-25-11)21-14-5-3-2-4-13(14)19-17(24-21)8-9-18-20(19)22(23)28-27-18;1-12-16-10-13(6-7-18(16)27-25-12)22-15-5-3-2-4-14(15)21-17-11-23-26-19(17)8-9-20(21)24-22/h6-10H,2-5H2,1H3,(H,28,30)(H,29,31);6-10H,2-5H2,1H3,(H,26,27)(H,28,29);6-10H,2-5H2,1H3,(H,25,26)(H3,23,27,28);6-11H,2-5H2,1H3,(H,23,26)(H,25,27). The van der Waals surface area contributed by atoms with E-state index < -0.39 is 11.9 Å². The number of hydrogen-bond donors (Lipinski definition) is 9. The molecule has 4 aliphatic rings. The first-order chi connectivity index (χ1) is 56.2. The van der Waals surface area contributed by atoms with Crippen molar-refractivity contribution in [2.45, 2.75) is 137 Å². The number of aromatic nitrogens is 20. The predicted octanol–water partition coefficient (Wildman–Crippen LogP) is 19.8. The number of halogens is 3. The van der Waals surface area contributed by atoms with E-state index in [1.807, 2.05) is 56.4 Å². The van der Waals surface area contributed by atoms with Crippen LogP contribution >= 0.6 is 0 Å². The van der Waals surface area contributed by atoms with Gasteiger partial charge in [0.2, 0.25) is 0 Å². The van der Waals surface area contributed by atoms with Crippen LogP contribution in [0.15, 0.2) is 128 Å². The van der Waals surface area contributed by atoms with Gasteiger partial charge in [0.1, 0.15) is 11.8 Å². The van der Waals surface area contributed by atoms with Gasteiger partial charge in [-0.2, -0.15) is 59.2 Å². The number of anilines is 1. The molecule has 22 nitrogen and oxygen atoms in total. The van der Waals surface area contributed by atoms with E-state index in [4.69, 9.17) is 25.7 Å². The van der Waals surface area contributed by atoms with Crippen molar-refractivity contribution < 1.29 is 13.2 Å². The third-order valence-corrected chi connectivity index (χ3v) is 24.3. The van der Waals surface area contributed by atoms with Crippen LogP contribution < -0.4 is 5.73 Å². The van der Waals surface area contributed by atoms with Crippen molar-refractivity contribution in [3.63, 3.8) is 0 Å². The summed E-state index contributed by atoms with van der Waals surface area (Å²) in [6, 6.07) is 42.7. The number of alkyl halides is 3. The first-order valence-electron chi connectivity index (χ1n) is 39.4. The lowest BCUT2D eigenvalue weighted by atomic mass is 9.85. The molecular weight excluding hydrogens is 1450 g/mol. The van der Waals surface area contributed by atoms with Crippen LogP contribution in [0, 0.1) is 39.0 Å². The van der Waals surface area contributed by atoms with Gasteiger partial charge in [-0.25, -0.2) is 19.9 Å². The molecule has 0 fully saturated rings. The summed E-state index contributed by atoms with van der Waals surface area (Å²) in [7, 11) is 0. The second-order valence-corrected chi connectivity index (χ2v) is 31.1. The molecule has 0 radical (unpaired) electrons. The minimum atomic E-state index is -4.49. The Bertz CT molecular complexity index is 7470. The summed E-state index contributed by atoms with van der Waals surface area (Å²) in [6.07, 6.45) is 14.8. The van der Waals surface area contributed by atoms with E-state index in [9.17, 15) is 18.4 Å². The molecule has 10 N–H and O–H groups in total. The molecule has 0 unspecified atom stereocenters. The maximum absolute atomic E-state index is 13.4. The summed E-state index contributed by atoms with van der Waals surface area (Å²) in [5, 5.41) is 79.5. The molecule has 8 aromatic carbocycles. The van der Waals surface area contributed by atoms with Crippen molar-refractivity contribution in [1.82, 2.24) is 102 Å². The van der Waals surface area contributed by atoms with Gasteiger partial charge in [-0.3, -0.25) is 40.8 Å². The van der Waals surface area contributed by atoms with Crippen LogP contribution in [0.3, 0.4) is 0 Å². The molecule has 0 atom stereocenters. The second kappa shape index (κ2) is 27.0. The Morgan fingerprint density at radius 2 is 0.670 bits per heavy atom. The van der Waals surface area contributed by atoms with Crippen LogP contribution in [-0.4, -0.2) is 102 Å². The normalized spacial score (nSPS) is 14.2. The number of fused-ring (bicyclic) bond motifs is 24. The second-order valence-electron chi connectivity index (χ2n) is 31.1. The summed E-state index contributed by atoms with van der Waals surface area (Å²) in [5.74, 6) is 0.554. The highest BCUT2D eigenvalue weighted by Crippen LogP contribution is 2.46. The Labute approximate surface area is 652 Å². The topological polar surface area (TPSA) is 331 Å². The molecule has 0 saturated heterocycles. The zero-order chi connectivity index (χ0) is 77.6. The number of hydrogen-bond acceptors (Lipinski definition) is 14. The fourth-order valence-corrected chi connectivity index (χ4v) is 18.9. The van der Waals surface area contributed by atoms with Gasteiger partial charge in [-0.15, -0.1) is 0 Å². The number of nitriles is 1. The Kier molecular flexibility index (Phi) is 16.2. The SMILES string of the molecule is Cc1[nH]nc2ccc(-c3nc4ccc5[nH]nc(C#N)c5c4c4c3CCCC4)cc12.Cc1[nH]nc2ccc(-c3nc4ccc5[nH]nc(N)c5c4c4c3CCCC4)cc12.Cc1[nH]nc2ccc(-c3nc4ccc5[nH]ncc5c4c4c3CCCC4)cc12.Cc1[nH]nc2ccc3nc(-c4ccc5n[nH]c(C(F)(F)F)c5c4)c4c(c3c12)CCCC4. The summed E-state index contributed by atoms with van der Waals surface area (Å²) < 4.78 is 40.3. The number of nitrogens with two attached hydrogens (primary N) is 1. The van der Waals surface area contributed by atoms with Crippen molar-refractivity contribution in [3.05, 3.63) is 206 Å². The zero-order valence-corrected chi connectivity index (χ0v) is 63.5. The number of pyridine rings is 4. The monoisotopic (exact) mass is 1520 g/mol. The number of H-pyrrole nitrogens is 8. The number of nitrogens with zero attached hydrogens (tertiary/aromatic N) is 13. The lowest BCUT2D eigenvalue weighted by Crippen LogP contribution is -2.08. The molecule has 0 amide bonds. The van der Waals surface area contributed by atoms with Gasteiger partial charge in [0.15, 0.2) is 11.5 Å². The molecule has 25 heteroatoms. The highest BCUT2D eigenvalue weighted by atomic mass is 19.4. The van der Waals surface area contributed by atoms with E-state index in [0.717, 1.165) is 238 Å². The van der Waals surface area contributed by atoms with Gasteiger partial charge >= 0.3 is 6.18 Å². The molecule has 4 aliphatic carbocycles. The molecule has 12 heterocycles. The lowest BCUT2D eigenvalue weighted by Gasteiger charge is -2.22. The van der Waals surface area contributed by atoms with Crippen LogP contribution in [0.1, 0.15) is 130 Å². The van der Waals surface area contributed by atoms with Gasteiger partial charge in [-0.1, -0.05) is 24.3 Å². The third-order valence-electron chi connectivity index (χ3n) is 24.3. The molecule has 0 aliphatic heterocycles. The van der Waals surface area contributed by atoms with Crippen LogP contribution in [0.2, 0.25) is 0 Å². The average Bonchev–Trinajstić information content (AvgIpc) is 1.74. The highest BCUT2D eigenvalue weighted by Gasteiger charge is 2.36. The summed E-state index contributed by atoms with van der Waals surface area (Å²) in [5.41, 5.74) is 39.8. The van der Waals surface area contributed by atoms with Crippen LogP contribution in [0.5, 0.6) is 0 Å². The molecule has 20 aromatic rings. The quantitative estimate of drug-likeness (QED) is 0.0791. The summed E-state index contributed by atoms with van der Waals surface area (Å²) >= 11 is 0. The molecule has 12 aromatic heterocycles. The fraction of sp³-hybridized carbons (Fsp3) is 0.233. The first kappa shape index (κ1) is 69.2. The van der Waals surface area contributed by atoms with E-state index >= 15 is 0 Å². The first-order valence-corrected chi connectivity index (χ1v) is 39.4. The van der Waals surface area contributed by atoms with Gasteiger partial charge in [0, 0.05) is 104 Å². The maximum Gasteiger partial charge on any atom is 0.433 e. The summed E-state index contributed by atoms with van der Waals surface area (Å²) in [6.45, 7) is 8.17. The van der Waals surface area contributed by atoms with Gasteiger partial charge < -0.3 is 5.73 Å². The van der Waals surface area contributed by atoms with E-state index in [-0.39, 0.29) is 5.39 Å². The maximum atomic E-state index is 13.4. The molecule has 115 heavy (non-hydrogen) atoms. The largest absolute Gasteiger partial charge is 0.433 e. The molecule has 566 valence electrons. The Hall–Kier alpha value is -13.8. The van der Waals surface area contributed by atoms with Crippen molar-refractivity contribution in [1.29, 1.82) is 5.26 Å². The van der Waals surface area contributed by atoms with Crippen LogP contribution in [0.4, 0.5) is 19.0 Å². The number of rotatable bonds is 4. The smallest absolute Gasteiger partial charge is 0.382 e. The van der Waals surface area contributed by atoms with Crippen LogP contribution in [-0.2, 0) is 57.5 Å².